The predicted molar refractivity (Wildman–Crippen MR) is 126 cm³/mol. The molecule has 1 saturated heterocycles. The first-order valence-corrected chi connectivity index (χ1v) is 17.7. The summed E-state index contributed by atoms with van der Waals surface area (Å²) >= 11 is -1.03. The van der Waals surface area contributed by atoms with Gasteiger partial charge in [-0.15, -0.1) is 0 Å². The van der Waals surface area contributed by atoms with E-state index in [9.17, 15) is 8.42 Å². The van der Waals surface area contributed by atoms with E-state index in [0.717, 1.165) is 16.5 Å². The van der Waals surface area contributed by atoms with Gasteiger partial charge in [-0.3, -0.25) is 0 Å². The maximum atomic E-state index is 12.9. The van der Waals surface area contributed by atoms with Gasteiger partial charge < -0.3 is 0 Å². The second-order valence-electron chi connectivity index (χ2n) is 6.63. The quantitative estimate of drug-likeness (QED) is 0.548. The second-order valence-corrected chi connectivity index (χ2v) is 20.1. The summed E-state index contributed by atoms with van der Waals surface area (Å²) in [5.41, 5.74) is 1.67. The van der Waals surface area contributed by atoms with E-state index in [2.05, 4.69) is 36.9 Å². The Balaban J connectivity index is 1.59. The molecule has 1 aliphatic rings. The summed E-state index contributed by atoms with van der Waals surface area (Å²) in [7, 11) is 4.50. The van der Waals surface area contributed by atoms with E-state index in [1.54, 1.807) is 12.1 Å². The number of nitrogens with one attached hydrogen (secondary N) is 1. The standard InChI is InChI=1S/C20H21AsN2O2S3/c1-23(2)20-5-3-4-15-14-18(10-11-19(15)20)28(24,25)22-17-8-6-16(7-9-17)21-26-12-13-27-21/h3-11,14,22H,12-13H2,1-2H3. The van der Waals surface area contributed by atoms with E-state index in [4.69, 9.17) is 0 Å². The molecule has 0 aliphatic carbocycles. The Morgan fingerprint density at radius 3 is 2.36 bits per heavy atom. The third-order valence-electron chi connectivity index (χ3n) is 4.45. The van der Waals surface area contributed by atoms with Crippen LogP contribution in [0.25, 0.3) is 10.8 Å². The molecule has 4 nitrogen and oxygen atoms in total. The fourth-order valence-corrected chi connectivity index (χ4v) is 18.3. The second kappa shape index (κ2) is 8.23. The Kier molecular flexibility index (Phi) is 5.88. The van der Waals surface area contributed by atoms with Gasteiger partial charge in [-0.2, -0.15) is 0 Å². The molecule has 0 radical (unpaired) electrons. The summed E-state index contributed by atoms with van der Waals surface area (Å²) in [6.45, 7) is 0. The number of rotatable bonds is 5. The van der Waals surface area contributed by atoms with Gasteiger partial charge in [-0.05, 0) is 0 Å². The van der Waals surface area contributed by atoms with Gasteiger partial charge in [0.05, 0.1) is 0 Å². The Labute approximate surface area is 177 Å². The number of hydrogen-bond acceptors (Lipinski definition) is 5. The average molecular weight is 493 g/mol. The Morgan fingerprint density at radius 2 is 1.68 bits per heavy atom. The van der Waals surface area contributed by atoms with Gasteiger partial charge in [-0.25, -0.2) is 0 Å². The van der Waals surface area contributed by atoms with Crippen molar-refractivity contribution in [2.24, 2.45) is 0 Å². The first kappa shape index (κ1) is 20.0. The van der Waals surface area contributed by atoms with E-state index < -0.39 is 22.4 Å². The molecule has 0 amide bonds. The summed E-state index contributed by atoms with van der Waals surface area (Å²) < 4.78 is 29.9. The topological polar surface area (TPSA) is 49.4 Å². The van der Waals surface area contributed by atoms with Crippen molar-refractivity contribution in [1.29, 1.82) is 0 Å². The molecule has 0 atom stereocenters. The first-order chi connectivity index (χ1) is 13.4. The number of anilines is 2. The van der Waals surface area contributed by atoms with Crippen LogP contribution in [0.5, 0.6) is 0 Å². The van der Waals surface area contributed by atoms with Gasteiger partial charge in [-0.1, -0.05) is 0 Å². The zero-order valence-electron chi connectivity index (χ0n) is 15.6. The van der Waals surface area contributed by atoms with Gasteiger partial charge in [0.1, 0.15) is 0 Å². The van der Waals surface area contributed by atoms with Crippen LogP contribution in [0.4, 0.5) is 11.4 Å². The Morgan fingerprint density at radius 1 is 0.964 bits per heavy atom. The molecule has 146 valence electrons. The van der Waals surface area contributed by atoms with E-state index >= 15 is 0 Å². The van der Waals surface area contributed by atoms with Crippen LogP contribution in [-0.4, -0.2) is 46.4 Å². The number of benzene rings is 3. The van der Waals surface area contributed by atoms with Gasteiger partial charge in [0, 0.05) is 14.1 Å². The fraction of sp³-hybridized carbons (Fsp3) is 0.200. The van der Waals surface area contributed by atoms with Crippen molar-refractivity contribution in [3.63, 3.8) is 0 Å². The average Bonchev–Trinajstić information content (AvgIpc) is 3.22. The zero-order chi connectivity index (χ0) is 19.7. The van der Waals surface area contributed by atoms with Crippen LogP contribution in [0.2, 0.25) is 0 Å². The van der Waals surface area contributed by atoms with Gasteiger partial charge in [0.25, 0.3) is 0 Å². The molecule has 1 heterocycles. The van der Waals surface area contributed by atoms with Gasteiger partial charge in [0.2, 0.25) is 0 Å². The molecule has 0 unspecified atom stereocenters. The summed E-state index contributed by atoms with van der Waals surface area (Å²) in [6, 6.07) is 19.1. The van der Waals surface area contributed by atoms with E-state index in [-0.39, 0.29) is 4.90 Å². The summed E-state index contributed by atoms with van der Waals surface area (Å²) in [5.74, 6) is 2.47. The molecule has 3 aromatic carbocycles. The van der Waals surface area contributed by atoms with Crippen molar-refractivity contribution in [1.82, 2.24) is 0 Å². The predicted octanol–water partition coefficient (Wildman–Crippen LogP) is 3.88. The van der Waals surface area contributed by atoms with Crippen LogP contribution >= 0.6 is 20.0 Å². The van der Waals surface area contributed by atoms with Crippen LogP contribution in [0.3, 0.4) is 0 Å². The number of nitrogens with zero attached hydrogens (tertiary/aromatic N) is 1. The van der Waals surface area contributed by atoms with Crippen molar-refractivity contribution >= 4 is 68.9 Å². The minimum atomic E-state index is -3.63. The SMILES string of the molecule is CN(C)c1cccc2cc(S(=O)(=O)Nc3ccc([As]4SCCS4)cc3)ccc12. The molecule has 28 heavy (non-hydrogen) atoms. The molecule has 0 saturated carbocycles. The third kappa shape index (κ3) is 4.18. The monoisotopic (exact) mass is 492 g/mol. The van der Waals surface area contributed by atoms with Crippen LogP contribution in [-0.2, 0) is 10.0 Å². The van der Waals surface area contributed by atoms with Crippen molar-refractivity contribution in [2.75, 3.05) is 35.2 Å². The summed E-state index contributed by atoms with van der Waals surface area (Å²) in [6.07, 6.45) is 0. The fourth-order valence-electron chi connectivity index (χ4n) is 3.09. The van der Waals surface area contributed by atoms with Crippen LogP contribution in [0.15, 0.2) is 65.6 Å². The number of sulfonamides is 1. The third-order valence-corrected chi connectivity index (χ3v) is 19.6. The van der Waals surface area contributed by atoms with E-state index in [0.29, 0.717) is 5.69 Å². The van der Waals surface area contributed by atoms with Gasteiger partial charge in [0.15, 0.2) is 0 Å². The van der Waals surface area contributed by atoms with Crippen LogP contribution in [0.1, 0.15) is 0 Å². The molecule has 1 aliphatic heterocycles. The van der Waals surface area contributed by atoms with Crippen molar-refractivity contribution < 1.29 is 8.42 Å². The van der Waals surface area contributed by atoms with Crippen LogP contribution < -0.4 is 14.0 Å². The Bertz CT molecular complexity index is 1100. The summed E-state index contributed by atoms with van der Waals surface area (Å²) in [4.78, 5) is 2.30. The van der Waals surface area contributed by atoms with Crippen molar-refractivity contribution in [3.8, 4) is 0 Å². The first-order valence-electron chi connectivity index (χ1n) is 8.83. The van der Waals surface area contributed by atoms with Crippen molar-refractivity contribution in [2.45, 2.75) is 4.90 Å². The van der Waals surface area contributed by atoms with Gasteiger partial charge >= 0.3 is 164 Å². The molecular formula is C20H21AsN2O2S3. The zero-order valence-corrected chi connectivity index (χ0v) is 19.9. The molecule has 4 rings (SSSR count). The molecule has 0 bridgehead atoms. The Hall–Kier alpha value is -1.27. The summed E-state index contributed by atoms with van der Waals surface area (Å²) in [5, 5.41) is 1.94. The number of fused-ring (bicyclic) bond motifs is 1. The van der Waals surface area contributed by atoms with E-state index in [1.165, 1.54) is 15.9 Å². The van der Waals surface area contributed by atoms with E-state index in [1.807, 2.05) is 55.4 Å². The normalized spacial score (nSPS) is 15.1. The van der Waals surface area contributed by atoms with Crippen LogP contribution in [0, 0.1) is 0 Å². The van der Waals surface area contributed by atoms with Crippen molar-refractivity contribution in [3.05, 3.63) is 60.7 Å². The molecule has 1 fully saturated rings. The molecule has 1 N–H and O–H groups in total. The molecule has 3 aromatic rings. The number of hydrogen-bond donors (Lipinski definition) is 1. The molecule has 0 spiro atoms. The molecule has 8 heteroatoms. The maximum absolute atomic E-state index is 12.9. The molecular weight excluding hydrogens is 471 g/mol. The molecule has 0 aromatic heterocycles. The minimum absolute atomic E-state index is 0.275.